The lowest BCUT2D eigenvalue weighted by molar-refractivity contribution is -0.142. The summed E-state index contributed by atoms with van der Waals surface area (Å²) in [6, 6.07) is 14.3. The smallest absolute Gasteiger partial charge is 0.349 e. The average Bonchev–Trinajstić information content (AvgIpc) is 2.64. The van der Waals surface area contributed by atoms with Crippen LogP contribution in [0.2, 0.25) is 0 Å². The highest BCUT2D eigenvalue weighted by molar-refractivity contribution is 6.00. The summed E-state index contributed by atoms with van der Waals surface area (Å²) >= 11 is 0. The SMILES string of the molecule is CN(C)c1ccc(/C=C(\C#N)C(=O)OCC(=O)Nc2cccc(F)c2)cc1. The summed E-state index contributed by atoms with van der Waals surface area (Å²) in [6.45, 7) is -0.589. The van der Waals surface area contributed by atoms with E-state index in [4.69, 9.17) is 10.00 Å². The van der Waals surface area contributed by atoms with Gasteiger partial charge in [-0.2, -0.15) is 5.26 Å². The molecule has 2 aromatic rings. The lowest BCUT2D eigenvalue weighted by atomic mass is 10.1. The number of hydrogen-bond donors (Lipinski definition) is 1. The fourth-order valence-electron chi connectivity index (χ4n) is 2.14. The number of carbonyl (C=O) groups is 2. The van der Waals surface area contributed by atoms with Crippen molar-refractivity contribution in [2.45, 2.75) is 0 Å². The maximum absolute atomic E-state index is 13.1. The van der Waals surface area contributed by atoms with Gasteiger partial charge in [-0.1, -0.05) is 18.2 Å². The quantitative estimate of drug-likeness (QED) is 0.482. The van der Waals surface area contributed by atoms with Crippen LogP contribution in [0.4, 0.5) is 15.8 Å². The number of esters is 1. The highest BCUT2D eigenvalue weighted by atomic mass is 19.1. The molecule has 0 saturated carbocycles. The molecule has 0 spiro atoms. The minimum absolute atomic E-state index is 0.230. The minimum Gasteiger partial charge on any atom is -0.451 e. The molecule has 27 heavy (non-hydrogen) atoms. The second-order valence-corrected chi connectivity index (χ2v) is 5.79. The summed E-state index contributed by atoms with van der Waals surface area (Å²) in [6.07, 6.45) is 1.38. The molecule has 6 nitrogen and oxygen atoms in total. The largest absolute Gasteiger partial charge is 0.451 e. The molecule has 0 atom stereocenters. The Morgan fingerprint density at radius 2 is 1.93 bits per heavy atom. The fraction of sp³-hybridized carbons (Fsp3) is 0.150. The van der Waals surface area contributed by atoms with Crippen LogP contribution < -0.4 is 10.2 Å². The van der Waals surface area contributed by atoms with Crippen LogP contribution in [0.3, 0.4) is 0 Å². The van der Waals surface area contributed by atoms with Crippen molar-refractivity contribution in [3.8, 4) is 6.07 Å². The van der Waals surface area contributed by atoms with Gasteiger partial charge in [-0.3, -0.25) is 4.79 Å². The van der Waals surface area contributed by atoms with Gasteiger partial charge in [0, 0.05) is 25.5 Å². The standard InChI is InChI=1S/C20H18FN3O3/c1-24(2)18-8-6-14(7-9-18)10-15(12-22)20(26)27-13-19(25)23-17-5-3-4-16(21)11-17/h3-11H,13H2,1-2H3,(H,23,25)/b15-10+. The summed E-state index contributed by atoms with van der Waals surface area (Å²) < 4.78 is 17.9. The van der Waals surface area contributed by atoms with E-state index in [2.05, 4.69) is 5.32 Å². The molecule has 0 unspecified atom stereocenters. The lowest BCUT2D eigenvalue weighted by Gasteiger charge is -2.11. The molecule has 0 aliphatic carbocycles. The number of benzene rings is 2. The molecular formula is C20H18FN3O3. The Labute approximate surface area is 156 Å². The van der Waals surface area contributed by atoms with Gasteiger partial charge in [-0.15, -0.1) is 0 Å². The van der Waals surface area contributed by atoms with Crippen molar-refractivity contribution < 1.29 is 18.7 Å². The van der Waals surface area contributed by atoms with Crippen LogP contribution >= 0.6 is 0 Å². The third-order valence-electron chi connectivity index (χ3n) is 3.50. The van der Waals surface area contributed by atoms with Crippen LogP contribution in [0.5, 0.6) is 0 Å². The molecular weight excluding hydrogens is 349 g/mol. The highest BCUT2D eigenvalue weighted by Crippen LogP contribution is 2.15. The molecule has 7 heteroatoms. The number of halogens is 1. The molecule has 0 radical (unpaired) electrons. The lowest BCUT2D eigenvalue weighted by Crippen LogP contribution is -2.21. The molecule has 0 aromatic heterocycles. The zero-order valence-corrected chi connectivity index (χ0v) is 14.9. The topological polar surface area (TPSA) is 82.4 Å². The van der Waals surface area contributed by atoms with E-state index >= 15 is 0 Å². The van der Waals surface area contributed by atoms with E-state index in [0.29, 0.717) is 5.56 Å². The summed E-state index contributed by atoms with van der Waals surface area (Å²) in [4.78, 5) is 25.7. The summed E-state index contributed by atoms with van der Waals surface area (Å²) in [5.41, 5.74) is 1.64. The number of hydrogen-bond acceptors (Lipinski definition) is 5. The normalized spacial score (nSPS) is 10.7. The van der Waals surface area contributed by atoms with Crippen LogP contribution in [-0.2, 0) is 14.3 Å². The Morgan fingerprint density at radius 1 is 1.22 bits per heavy atom. The number of ether oxygens (including phenoxy) is 1. The summed E-state index contributed by atoms with van der Waals surface area (Å²) in [5, 5.41) is 11.6. The Morgan fingerprint density at radius 3 is 2.52 bits per heavy atom. The maximum atomic E-state index is 13.1. The zero-order valence-electron chi connectivity index (χ0n) is 14.9. The van der Waals surface area contributed by atoms with Crippen LogP contribution in [-0.4, -0.2) is 32.6 Å². The first kappa shape index (κ1) is 19.7. The van der Waals surface area contributed by atoms with Crippen LogP contribution in [0.25, 0.3) is 6.08 Å². The fourth-order valence-corrected chi connectivity index (χ4v) is 2.14. The van der Waals surface area contributed by atoms with Gasteiger partial charge < -0.3 is 15.0 Å². The first-order chi connectivity index (χ1) is 12.9. The second-order valence-electron chi connectivity index (χ2n) is 5.79. The van der Waals surface area contributed by atoms with Gasteiger partial charge in [-0.25, -0.2) is 9.18 Å². The van der Waals surface area contributed by atoms with Crippen molar-refractivity contribution in [1.29, 1.82) is 5.26 Å². The third kappa shape index (κ3) is 5.97. The maximum Gasteiger partial charge on any atom is 0.349 e. The number of nitrogens with zero attached hydrogens (tertiary/aromatic N) is 2. The number of anilines is 2. The second kappa shape index (κ2) is 9.15. The number of nitrogens with one attached hydrogen (secondary N) is 1. The Hall–Kier alpha value is -3.66. The van der Waals surface area contributed by atoms with Crippen LogP contribution in [0, 0.1) is 17.1 Å². The van der Waals surface area contributed by atoms with Crippen molar-refractivity contribution in [3.63, 3.8) is 0 Å². The van der Waals surface area contributed by atoms with E-state index in [9.17, 15) is 14.0 Å². The van der Waals surface area contributed by atoms with E-state index < -0.39 is 24.3 Å². The van der Waals surface area contributed by atoms with E-state index in [1.165, 1.54) is 24.3 Å². The molecule has 0 saturated heterocycles. The van der Waals surface area contributed by atoms with Crippen LogP contribution in [0.15, 0.2) is 54.1 Å². The molecule has 0 aliphatic heterocycles. The predicted octanol–water partition coefficient (Wildman–Crippen LogP) is 2.98. The van der Waals surface area contributed by atoms with Crippen LogP contribution in [0.1, 0.15) is 5.56 Å². The summed E-state index contributed by atoms with van der Waals surface area (Å²) in [5.74, 6) is -2.05. The molecule has 138 valence electrons. The first-order valence-corrected chi connectivity index (χ1v) is 8.01. The molecule has 2 rings (SSSR count). The number of nitriles is 1. The van der Waals surface area contributed by atoms with E-state index in [-0.39, 0.29) is 11.3 Å². The molecule has 0 aliphatic rings. The number of amides is 1. The van der Waals surface area contributed by atoms with E-state index in [1.54, 1.807) is 18.2 Å². The number of rotatable bonds is 6. The van der Waals surface area contributed by atoms with Crippen molar-refractivity contribution >= 4 is 29.3 Å². The predicted molar refractivity (Wildman–Crippen MR) is 100 cm³/mol. The van der Waals surface area contributed by atoms with Crippen molar-refractivity contribution in [3.05, 3.63) is 65.5 Å². The van der Waals surface area contributed by atoms with Gasteiger partial charge in [0.25, 0.3) is 5.91 Å². The van der Waals surface area contributed by atoms with Crippen molar-refractivity contribution in [1.82, 2.24) is 0 Å². The van der Waals surface area contributed by atoms with Gasteiger partial charge in [0.1, 0.15) is 17.5 Å². The molecule has 2 aromatic carbocycles. The van der Waals surface area contributed by atoms with Gasteiger partial charge >= 0.3 is 5.97 Å². The summed E-state index contributed by atoms with van der Waals surface area (Å²) in [7, 11) is 3.80. The number of carbonyl (C=O) groups excluding carboxylic acids is 2. The molecule has 1 amide bonds. The monoisotopic (exact) mass is 367 g/mol. The minimum atomic E-state index is -0.913. The van der Waals surface area contributed by atoms with Gasteiger partial charge in [0.05, 0.1) is 0 Å². The highest BCUT2D eigenvalue weighted by Gasteiger charge is 2.13. The van der Waals surface area contributed by atoms with Crippen molar-refractivity contribution in [2.24, 2.45) is 0 Å². The molecule has 1 N–H and O–H groups in total. The van der Waals surface area contributed by atoms with Gasteiger partial charge in [0.15, 0.2) is 6.61 Å². The Bertz CT molecular complexity index is 899. The Balaban J connectivity index is 1.96. The molecule has 0 bridgehead atoms. The van der Waals surface area contributed by atoms with E-state index in [1.807, 2.05) is 31.1 Å². The molecule has 0 fully saturated rings. The van der Waals surface area contributed by atoms with E-state index in [0.717, 1.165) is 11.8 Å². The molecule has 0 heterocycles. The average molecular weight is 367 g/mol. The zero-order chi connectivity index (χ0) is 19.8. The Kier molecular flexibility index (Phi) is 6.67. The third-order valence-corrected chi connectivity index (χ3v) is 3.50. The van der Waals surface area contributed by atoms with Gasteiger partial charge in [0.2, 0.25) is 0 Å². The van der Waals surface area contributed by atoms with Crippen molar-refractivity contribution in [2.75, 3.05) is 30.9 Å². The van der Waals surface area contributed by atoms with Gasteiger partial charge in [-0.05, 0) is 42.0 Å². The first-order valence-electron chi connectivity index (χ1n) is 8.01.